The van der Waals surface area contributed by atoms with Crippen LogP contribution in [0.25, 0.3) is 11.4 Å². The zero-order chi connectivity index (χ0) is 16.9. The van der Waals surface area contributed by atoms with Crippen LogP contribution in [0.15, 0.2) is 42.5 Å². The van der Waals surface area contributed by atoms with E-state index in [1.54, 1.807) is 0 Å². The van der Waals surface area contributed by atoms with Gasteiger partial charge >= 0.3 is 0 Å². The van der Waals surface area contributed by atoms with Crippen molar-refractivity contribution in [3.63, 3.8) is 0 Å². The highest BCUT2D eigenvalue weighted by Crippen LogP contribution is 2.18. The van der Waals surface area contributed by atoms with Crippen LogP contribution in [-0.2, 0) is 0 Å². The van der Waals surface area contributed by atoms with E-state index in [2.05, 4.69) is 26.2 Å². The predicted molar refractivity (Wildman–Crippen MR) is 97.1 cm³/mol. The molecule has 126 valence electrons. The van der Waals surface area contributed by atoms with Crippen molar-refractivity contribution < 1.29 is 4.79 Å². The van der Waals surface area contributed by atoms with Gasteiger partial charge in [-0.1, -0.05) is 42.5 Å². The first-order valence-corrected chi connectivity index (χ1v) is 8.96. The fraction of sp³-hybridized carbons (Fsp3) is 0.389. The standard InChI is InChI=1S/C18H22N4OS/c1-13(2)12-22-10-8-15(9-11-22)19-17(23)18-20-16(21-24-18)14-6-4-3-5-7-14/h3-7,15H,1,8-12H2,2H3,(H,19,23). The minimum absolute atomic E-state index is 0.118. The van der Waals surface area contributed by atoms with E-state index in [1.807, 2.05) is 37.3 Å². The fourth-order valence-corrected chi connectivity index (χ4v) is 3.47. The van der Waals surface area contributed by atoms with Crippen molar-refractivity contribution in [2.75, 3.05) is 19.6 Å². The quantitative estimate of drug-likeness (QED) is 0.849. The number of amides is 1. The summed E-state index contributed by atoms with van der Waals surface area (Å²) in [5.74, 6) is 0.495. The molecule has 2 aromatic rings. The molecule has 0 aliphatic carbocycles. The second-order valence-electron chi connectivity index (χ2n) is 6.27. The van der Waals surface area contributed by atoms with Crippen LogP contribution >= 0.6 is 11.5 Å². The van der Waals surface area contributed by atoms with E-state index < -0.39 is 0 Å². The van der Waals surface area contributed by atoms with Crippen LogP contribution in [0.2, 0.25) is 0 Å². The molecule has 1 N–H and O–H groups in total. The minimum atomic E-state index is -0.118. The zero-order valence-corrected chi connectivity index (χ0v) is 14.7. The number of likely N-dealkylation sites (tertiary alicyclic amines) is 1. The van der Waals surface area contributed by atoms with Crippen LogP contribution in [0.5, 0.6) is 0 Å². The smallest absolute Gasteiger partial charge is 0.282 e. The van der Waals surface area contributed by atoms with Gasteiger partial charge < -0.3 is 5.32 Å². The number of hydrogen-bond acceptors (Lipinski definition) is 5. The first-order chi connectivity index (χ1) is 11.6. The second kappa shape index (κ2) is 7.68. The van der Waals surface area contributed by atoms with Crippen molar-refractivity contribution in [1.29, 1.82) is 0 Å². The van der Waals surface area contributed by atoms with Crippen molar-refractivity contribution in [3.8, 4) is 11.4 Å². The van der Waals surface area contributed by atoms with E-state index >= 15 is 0 Å². The Labute approximate surface area is 146 Å². The lowest BCUT2D eigenvalue weighted by Crippen LogP contribution is -2.44. The van der Waals surface area contributed by atoms with E-state index in [0.29, 0.717) is 10.8 Å². The third kappa shape index (κ3) is 4.27. The second-order valence-corrected chi connectivity index (χ2v) is 7.02. The molecule has 1 amide bonds. The van der Waals surface area contributed by atoms with Crippen LogP contribution in [0.4, 0.5) is 0 Å². The molecule has 2 heterocycles. The topological polar surface area (TPSA) is 58.1 Å². The summed E-state index contributed by atoms with van der Waals surface area (Å²) in [5.41, 5.74) is 2.11. The molecule has 0 radical (unpaired) electrons. The molecule has 1 aromatic heterocycles. The summed E-state index contributed by atoms with van der Waals surface area (Å²) >= 11 is 1.15. The number of carbonyl (C=O) groups excluding carboxylic acids is 1. The Hall–Kier alpha value is -2.05. The van der Waals surface area contributed by atoms with E-state index in [-0.39, 0.29) is 11.9 Å². The van der Waals surface area contributed by atoms with Crippen LogP contribution in [0.3, 0.4) is 0 Å². The lowest BCUT2D eigenvalue weighted by molar-refractivity contribution is 0.0913. The molecule has 0 saturated carbocycles. The van der Waals surface area contributed by atoms with Crippen LogP contribution in [0.1, 0.15) is 29.6 Å². The first kappa shape index (κ1) is 16.8. The third-order valence-electron chi connectivity index (χ3n) is 4.07. The molecule has 0 spiro atoms. The highest BCUT2D eigenvalue weighted by atomic mass is 32.1. The number of hydrogen-bond donors (Lipinski definition) is 1. The Kier molecular flexibility index (Phi) is 5.37. The number of benzene rings is 1. The molecule has 1 aliphatic heterocycles. The normalized spacial score (nSPS) is 16.0. The summed E-state index contributed by atoms with van der Waals surface area (Å²) in [7, 11) is 0. The molecule has 0 atom stereocenters. The van der Waals surface area contributed by atoms with Gasteiger partial charge in [-0.3, -0.25) is 9.69 Å². The Morgan fingerprint density at radius 3 is 2.71 bits per heavy atom. The zero-order valence-electron chi connectivity index (χ0n) is 13.9. The average Bonchev–Trinajstić information content (AvgIpc) is 3.07. The van der Waals surface area contributed by atoms with Crippen molar-refractivity contribution in [2.24, 2.45) is 0 Å². The Bertz CT molecular complexity index is 705. The van der Waals surface area contributed by atoms with Gasteiger partial charge in [-0.2, -0.15) is 4.37 Å². The van der Waals surface area contributed by atoms with Gasteiger partial charge in [0.15, 0.2) is 5.82 Å². The Morgan fingerprint density at radius 2 is 2.04 bits per heavy atom. The summed E-state index contributed by atoms with van der Waals surface area (Å²) in [6.45, 7) is 8.93. The number of carbonyl (C=O) groups is 1. The highest BCUT2D eigenvalue weighted by molar-refractivity contribution is 7.07. The molecular formula is C18H22N4OS. The van der Waals surface area contributed by atoms with E-state index in [4.69, 9.17) is 0 Å². The lowest BCUT2D eigenvalue weighted by Gasteiger charge is -2.32. The van der Waals surface area contributed by atoms with Crippen molar-refractivity contribution in [1.82, 2.24) is 19.6 Å². The molecule has 24 heavy (non-hydrogen) atoms. The molecule has 6 heteroatoms. The molecule has 1 fully saturated rings. The van der Waals surface area contributed by atoms with E-state index in [0.717, 1.165) is 49.6 Å². The van der Waals surface area contributed by atoms with Crippen molar-refractivity contribution in [2.45, 2.75) is 25.8 Å². The molecule has 1 aromatic carbocycles. The largest absolute Gasteiger partial charge is 0.347 e. The monoisotopic (exact) mass is 342 g/mol. The summed E-state index contributed by atoms with van der Waals surface area (Å²) in [6, 6.07) is 9.93. The van der Waals surface area contributed by atoms with Gasteiger partial charge in [0.1, 0.15) is 0 Å². The van der Waals surface area contributed by atoms with Crippen LogP contribution < -0.4 is 5.32 Å². The van der Waals surface area contributed by atoms with Gasteiger partial charge in [-0.25, -0.2) is 4.98 Å². The minimum Gasteiger partial charge on any atom is -0.347 e. The van der Waals surface area contributed by atoms with Crippen LogP contribution in [0, 0.1) is 0 Å². The van der Waals surface area contributed by atoms with E-state index in [9.17, 15) is 4.79 Å². The summed E-state index contributed by atoms with van der Waals surface area (Å²) < 4.78 is 4.30. The van der Waals surface area contributed by atoms with Gasteiger partial charge in [-0.15, -0.1) is 0 Å². The molecule has 0 bridgehead atoms. The molecular weight excluding hydrogens is 320 g/mol. The first-order valence-electron chi connectivity index (χ1n) is 8.18. The van der Waals surface area contributed by atoms with Crippen LogP contribution in [-0.4, -0.2) is 45.8 Å². The van der Waals surface area contributed by atoms with Crippen molar-refractivity contribution >= 4 is 17.4 Å². The number of piperidine rings is 1. The number of nitrogens with zero attached hydrogens (tertiary/aromatic N) is 3. The third-order valence-corrected chi connectivity index (χ3v) is 4.78. The van der Waals surface area contributed by atoms with Gasteiger partial charge in [0.05, 0.1) is 0 Å². The van der Waals surface area contributed by atoms with Gasteiger partial charge in [0.25, 0.3) is 5.91 Å². The van der Waals surface area contributed by atoms with Gasteiger partial charge in [-0.05, 0) is 31.3 Å². The molecule has 5 nitrogen and oxygen atoms in total. The maximum atomic E-state index is 12.4. The van der Waals surface area contributed by atoms with Crippen molar-refractivity contribution in [3.05, 3.63) is 47.5 Å². The summed E-state index contributed by atoms with van der Waals surface area (Å²) in [6.07, 6.45) is 1.92. The maximum absolute atomic E-state index is 12.4. The number of aromatic nitrogens is 2. The molecule has 1 aliphatic rings. The Balaban J connectivity index is 1.55. The summed E-state index contributed by atoms with van der Waals surface area (Å²) in [5, 5.41) is 3.52. The predicted octanol–water partition coefficient (Wildman–Crippen LogP) is 2.98. The summed E-state index contributed by atoms with van der Waals surface area (Å²) in [4.78, 5) is 19.1. The molecule has 1 saturated heterocycles. The number of rotatable bonds is 5. The molecule has 3 rings (SSSR count). The van der Waals surface area contributed by atoms with Gasteiger partial charge in [0, 0.05) is 31.2 Å². The van der Waals surface area contributed by atoms with E-state index in [1.165, 1.54) is 5.57 Å². The fourth-order valence-electron chi connectivity index (χ4n) is 2.88. The highest BCUT2D eigenvalue weighted by Gasteiger charge is 2.22. The van der Waals surface area contributed by atoms with Gasteiger partial charge in [0.2, 0.25) is 5.01 Å². The maximum Gasteiger partial charge on any atom is 0.282 e. The Morgan fingerprint density at radius 1 is 1.33 bits per heavy atom. The lowest BCUT2D eigenvalue weighted by atomic mass is 10.0. The SMILES string of the molecule is C=C(C)CN1CCC(NC(=O)c2nc(-c3ccccc3)ns2)CC1. The molecule has 0 unspecified atom stereocenters. The average molecular weight is 342 g/mol. The number of nitrogens with one attached hydrogen (secondary N) is 1.